The molecule has 1 saturated carbocycles. The van der Waals surface area contributed by atoms with Gasteiger partial charge in [-0.15, -0.1) is 0 Å². The largest absolute Gasteiger partial charge is 0.474 e. The number of ether oxygens (including phenoxy) is 2. The van der Waals surface area contributed by atoms with E-state index < -0.39 is 6.43 Å². The zero-order valence-electron chi connectivity index (χ0n) is 23.5. The van der Waals surface area contributed by atoms with Crippen molar-refractivity contribution in [1.82, 2.24) is 24.8 Å². The van der Waals surface area contributed by atoms with Crippen LogP contribution in [0.1, 0.15) is 31.2 Å². The number of anilines is 3. The van der Waals surface area contributed by atoms with Crippen LogP contribution in [0.3, 0.4) is 0 Å². The maximum Gasteiger partial charge on any atom is 0.251 e. The first kappa shape index (κ1) is 27.8. The van der Waals surface area contributed by atoms with Gasteiger partial charge in [0.25, 0.3) is 6.43 Å². The summed E-state index contributed by atoms with van der Waals surface area (Å²) in [4.78, 5) is 24.9. The molecule has 6 rings (SSSR count). The van der Waals surface area contributed by atoms with Gasteiger partial charge in [-0.05, 0) is 44.2 Å². The van der Waals surface area contributed by atoms with Crippen LogP contribution in [0.4, 0.5) is 26.2 Å². The normalized spacial score (nSPS) is 22.3. The predicted octanol–water partition coefficient (Wildman–Crippen LogP) is 3.75. The molecule has 5 heterocycles. The molecule has 0 spiro atoms. The Bertz CT molecular complexity index is 1290. The maximum atomic E-state index is 12.6. The van der Waals surface area contributed by atoms with Crippen LogP contribution in [-0.4, -0.2) is 102 Å². The van der Waals surface area contributed by atoms with E-state index in [-0.39, 0.29) is 18.7 Å². The van der Waals surface area contributed by atoms with E-state index in [1.54, 1.807) is 4.90 Å². The number of rotatable bonds is 8. The molecule has 1 aliphatic carbocycles. The Morgan fingerprint density at radius 1 is 0.927 bits per heavy atom. The van der Waals surface area contributed by atoms with Crippen molar-refractivity contribution in [3.05, 3.63) is 36.3 Å². The lowest BCUT2D eigenvalue weighted by Gasteiger charge is -2.35. The van der Waals surface area contributed by atoms with Gasteiger partial charge in [-0.2, -0.15) is 4.98 Å². The molecule has 10 nitrogen and oxygen atoms in total. The Labute approximate surface area is 239 Å². The lowest BCUT2D eigenvalue weighted by atomic mass is 9.93. The van der Waals surface area contributed by atoms with Crippen LogP contribution in [0, 0.1) is 6.92 Å². The zero-order chi connectivity index (χ0) is 28.2. The molecule has 0 unspecified atom stereocenters. The Balaban J connectivity index is 1.03. The quantitative estimate of drug-likeness (QED) is 0.433. The first-order valence-corrected chi connectivity index (χ1v) is 14.6. The number of halogens is 2. The summed E-state index contributed by atoms with van der Waals surface area (Å²) >= 11 is 0. The Morgan fingerprint density at radius 2 is 1.66 bits per heavy atom. The molecule has 3 fully saturated rings. The lowest BCUT2D eigenvalue weighted by Crippen LogP contribution is -2.47. The van der Waals surface area contributed by atoms with Crippen LogP contribution in [0.2, 0.25) is 0 Å². The van der Waals surface area contributed by atoms with Gasteiger partial charge in [0.2, 0.25) is 11.8 Å². The molecule has 41 heavy (non-hydrogen) atoms. The SMILES string of the molecule is Cc1cnc2cc(N3CCOCC3)nc(O[C@H]3CC[C@@H](Nc4ncc(N5CCN(CC(F)F)CC5)cn4)CC3)c2c1. The topological polar surface area (TPSA) is 91.8 Å². The minimum atomic E-state index is -2.29. The minimum Gasteiger partial charge on any atom is -0.474 e. The average molecular weight is 569 g/mol. The number of fused-ring (bicyclic) bond motifs is 1. The number of hydrogen-bond acceptors (Lipinski definition) is 10. The summed E-state index contributed by atoms with van der Waals surface area (Å²) in [6, 6.07) is 4.42. The van der Waals surface area contributed by atoms with Crippen molar-refractivity contribution in [2.45, 2.75) is 51.2 Å². The van der Waals surface area contributed by atoms with Crippen molar-refractivity contribution in [3.8, 4) is 5.88 Å². The van der Waals surface area contributed by atoms with Gasteiger partial charge in [0.15, 0.2) is 0 Å². The molecule has 2 saturated heterocycles. The van der Waals surface area contributed by atoms with Crippen molar-refractivity contribution >= 4 is 28.4 Å². The monoisotopic (exact) mass is 568 g/mol. The van der Waals surface area contributed by atoms with Crippen molar-refractivity contribution in [1.29, 1.82) is 0 Å². The smallest absolute Gasteiger partial charge is 0.251 e. The molecule has 0 amide bonds. The fourth-order valence-corrected chi connectivity index (χ4v) is 5.84. The lowest BCUT2D eigenvalue weighted by molar-refractivity contribution is 0.0854. The molecule has 0 atom stereocenters. The van der Waals surface area contributed by atoms with Crippen LogP contribution < -0.4 is 19.9 Å². The fourth-order valence-electron chi connectivity index (χ4n) is 5.84. The summed E-state index contributed by atoms with van der Waals surface area (Å²) < 4.78 is 37.4. The Hall–Kier alpha value is -3.38. The number of alkyl halides is 2. The molecule has 0 radical (unpaired) electrons. The second-order valence-corrected chi connectivity index (χ2v) is 11.1. The predicted molar refractivity (Wildman–Crippen MR) is 154 cm³/mol. The number of aryl methyl sites for hydroxylation is 1. The summed E-state index contributed by atoms with van der Waals surface area (Å²) in [5.41, 5.74) is 2.90. The molecule has 2 aliphatic heterocycles. The molecular formula is C29H38F2N8O2. The third-order valence-electron chi connectivity index (χ3n) is 8.16. The molecule has 3 aliphatic rings. The van der Waals surface area contributed by atoms with Crippen LogP contribution in [0.15, 0.2) is 30.7 Å². The van der Waals surface area contributed by atoms with Gasteiger partial charge < -0.3 is 24.6 Å². The Kier molecular flexibility index (Phi) is 8.56. The second kappa shape index (κ2) is 12.6. The van der Waals surface area contributed by atoms with Gasteiger partial charge in [-0.3, -0.25) is 9.88 Å². The number of morpholine rings is 1. The van der Waals surface area contributed by atoms with Gasteiger partial charge in [-0.1, -0.05) is 0 Å². The van der Waals surface area contributed by atoms with Gasteiger partial charge in [-0.25, -0.2) is 18.7 Å². The van der Waals surface area contributed by atoms with Gasteiger partial charge in [0.1, 0.15) is 11.9 Å². The molecule has 0 bridgehead atoms. The summed E-state index contributed by atoms with van der Waals surface area (Å²) in [7, 11) is 0. The molecule has 3 aromatic rings. The van der Waals surface area contributed by atoms with Crippen LogP contribution >= 0.6 is 0 Å². The van der Waals surface area contributed by atoms with Crippen molar-refractivity contribution < 1.29 is 18.3 Å². The standard InChI is InChI=1S/C29H38F2N8O2/c1-20-14-24-25(32-16-20)15-27(39-10-12-40-13-11-39)36-28(24)41-23-4-2-21(3-5-23)35-29-33-17-22(18-34-29)38-8-6-37(7-9-38)19-26(30)31/h14-18,21,23,26H,2-13,19H2,1H3,(H,33,34,35)/t21-,23+. The van der Waals surface area contributed by atoms with E-state index in [0.29, 0.717) is 51.2 Å². The highest BCUT2D eigenvalue weighted by Gasteiger charge is 2.26. The number of aromatic nitrogens is 4. The first-order chi connectivity index (χ1) is 20.0. The minimum absolute atomic E-state index is 0.0798. The van der Waals surface area contributed by atoms with Crippen LogP contribution in [0.5, 0.6) is 5.88 Å². The summed E-state index contributed by atoms with van der Waals surface area (Å²) in [5, 5.41) is 4.43. The van der Waals surface area contributed by atoms with E-state index in [0.717, 1.165) is 66.7 Å². The van der Waals surface area contributed by atoms with E-state index in [2.05, 4.69) is 36.1 Å². The van der Waals surface area contributed by atoms with Gasteiger partial charge >= 0.3 is 0 Å². The van der Waals surface area contributed by atoms with E-state index >= 15 is 0 Å². The van der Waals surface area contributed by atoms with Gasteiger partial charge in [0.05, 0.1) is 48.7 Å². The zero-order valence-corrected chi connectivity index (χ0v) is 23.5. The second-order valence-electron chi connectivity index (χ2n) is 11.1. The number of piperazine rings is 1. The molecule has 220 valence electrons. The van der Waals surface area contributed by atoms with Crippen LogP contribution in [0.25, 0.3) is 10.9 Å². The number of pyridine rings is 2. The maximum absolute atomic E-state index is 12.6. The summed E-state index contributed by atoms with van der Waals surface area (Å²) in [5.74, 6) is 2.16. The van der Waals surface area contributed by atoms with E-state index in [9.17, 15) is 8.78 Å². The van der Waals surface area contributed by atoms with E-state index in [1.807, 2.05) is 31.6 Å². The fraction of sp³-hybridized carbons (Fsp3) is 0.586. The summed E-state index contributed by atoms with van der Waals surface area (Å²) in [6.07, 6.45) is 7.02. The van der Waals surface area contributed by atoms with Gasteiger partial charge in [0, 0.05) is 57.6 Å². The molecular weight excluding hydrogens is 530 g/mol. The third-order valence-corrected chi connectivity index (χ3v) is 8.16. The molecule has 12 heteroatoms. The highest BCUT2D eigenvalue weighted by atomic mass is 19.3. The molecule has 1 N–H and O–H groups in total. The Morgan fingerprint density at radius 3 is 2.37 bits per heavy atom. The number of nitrogens with zero attached hydrogens (tertiary/aromatic N) is 7. The van der Waals surface area contributed by atoms with Crippen molar-refractivity contribution in [2.75, 3.05) is 74.1 Å². The van der Waals surface area contributed by atoms with Crippen molar-refractivity contribution in [2.24, 2.45) is 0 Å². The van der Waals surface area contributed by atoms with Crippen LogP contribution in [-0.2, 0) is 4.74 Å². The highest BCUT2D eigenvalue weighted by Crippen LogP contribution is 2.32. The molecule has 0 aromatic carbocycles. The molecule has 3 aromatic heterocycles. The summed E-state index contributed by atoms with van der Waals surface area (Å²) in [6.45, 7) is 7.51. The first-order valence-electron chi connectivity index (χ1n) is 14.6. The van der Waals surface area contributed by atoms with E-state index in [1.165, 1.54) is 0 Å². The number of nitrogens with one attached hydrogen (secondary N) is 1. The van der Waals surface area contributed by atoms with Crippen molar-refractivity contribution in [3.63, 3.8) is 0 Å². The average Bonchev–Trinajstić information content (AvgIpc) is 2.99. The third kappa shape index (κ3) is 6.92. The van der Waals surface area contributed by atoms with E-state index in [4.69, 9.17) is 14.5 Å². The number of hydrogen-bond donors (Lipinski definition) is 1. The highest BCUT2D eigenvalue weighted by molar-refractivity contribution is 5.86.